The van der Waals surface area contributed by atoms with Crippen molar-refractivity contribution in [3.8, 4) is 6.07 Å². The van der Waals surface area contributed by atoms with Gasteiger partial charge < -0.3 is 15.1 Å². The third kappa shape index (κ3) is 6.34. The highest BCUT2D eigenvalue weighted by Crippen LogP contribution is 2.32. The van der Waals surface area contributed by atoms with E-state index in [2.05, 4.69) is 22.9 Å². The second-order valence-corrected chi connectivity index (χ2v) is 10.0. The average Bonchev–Trinajstić information content (AvgIpc) is 3.28. The van der Waals surface area contributed by atoms with Crippen LogP contribution in [0.3, 0.4) is 0 Å². The van der Waals surface area contributed by atoms with Crippen molar-refractivity contribution in [2.75, 3.05) is 36.4 Å². The molecule has 2 atom stereocenters. The Morgan fingerprint density at radius 1 is 1.28 bits per heavy atom. The molecule has 0 radical (unpaired) electrons. The maximum atomic E-state index is 12.8. The highest BCUT2D eigenvalue weighted by Gasteiger charge is 2.33. The Bertz CT molecular complexity index is 903. The topological polar surface area (TPSA) is 59.4 Å². The second-order valence-electron chi connectivity index (χ2n) is 8.46. The van der Waals surface area contributed by atoms with Crippen molar-refractivity contribution in [3.63, 3.8) is 0 Å². The third-order valence-corrected chi connectivity index (χ3v) is 6.85. The number of rotatable bonds is 7. The van der Waals surface area contributed by atoms with Crippen LogP contribution in [0.1, 0.15) is 26.2 Å². The van der Waals surface area contributed by atoms with Crippen molar-refractivity contribution >= 4 is 52.1 Å². The van der Waals surface area contributed by atoms with Crippen molar-refractivity contribution in [2.45, 2.75) is 37.1 Å². The number of nitrogens with one attached hydrogen (secondary N) is 1. The Morgan fingerprint density at radius 3 is 2.62 bits per heavy atom. The molecule has 2 saturated heterocycles. The van der Waals surface area contributed by atoms with Crippen LogP contribution in [0.4, 0.5) is 11.4 Å². The number of nitriles is 1. The van der Waals surface area contributed by atoms with Gasteiger partial charge in [0.1, 0.15) is 4.84 Å². The summed E-state index contributed by atoms with van der Waals surface area (Å²) in [5.41, 5.74) is 2.75. The summed E-state index contributed by atoms with van der Waals surface area (Å²) in [5, 5.41) is 13.1. The first-order valence-corrected chi connectivity index (χ1v) is 12.2. The van der Waals surface area contributed by atoms with E-state index in [-0.39, 0.29) is 23.8 Å². The number of benzene rings is 1. The zero-order valence-corrected chi connectivity index (χ0v) is 20.5. The molecule has 2 fully saturated rings. The minimum absolute atomic E-state index is 0.0145. The first-order chi connectivity index (χ1) is 15.3. The molecule has 2 aliphatic heterocycles. The summed E-state index contributed by atoms with van der Waals surface area (Å²) in [6, 6.07) is 8.18. The number of carbonyl (C=O) groups is 1. The summed E-state index contributed by atoms with van der Waals surface area (Å²) < 4.78 is 0. The third-order valence-electron chi connectivity index (χ3n) is 6.23. The molecule has 2 heterocycles. The molecule has 0 aromatic heterocycles. The van der Waals surface area contributed by atoms with Gasteiger partial charge in [-0.15, -0.1) is 23.2 Å². The van der Waals surface area contributed by atoms with Gasteiger partial charge in [0, 0.05) is 43.8 Å². The Morgan fingerprint density at radius 2 is 2.00 bits per heavy atom. The van der Waals surface area contributed by atoms with E-state index in [9.17, 15) is 4.79 Å². The zero-order valence-electron chi connectivity index (χ0n) is 18.2. The number of hydrogen-bond acceptors (Lipinski definition) is 4. The maximum Gasteiger partial charge on any atom is 0.225 e. The fourth-order valence-electron chi connectivity index (χ4n) is 4.20. The fourth-order valence-corrected chi connectivity index (χ4v) is 4.51. The number of alkyl halides is 2. The van der Waals surface area contributed by atoms with Crippen LogP contribution in [0, 0.1) is 23.2 Å². The monoisotopic (exact) mass is 494 g/mol. The van der Waals surface area contributed by atoms with Gasteiger partial charge in [0.2, 0.25) is 5.91 Å². The van der Waals surface area contributed by atoms with E-state index in [1.807, 2.05) is 30.0 Å². The SMILES string of the molecule is C=C(/C=C\C(Cl)Cl)C(C)Nc1cc(N2CCC(C(=O)N3CCC(C#N)C3)CC2)ccc1Cl. The lowest BCUT2D eigenvalue weighted by Crippen LogP contribution is -2.42. The van der Waals surface area contributed by atoms with Crippen LogP contribution < -0.4 is 10.2 Å². The van der Waals surface area contributed by atoms with Crippen LogP contribution in [0.2, 0.25) is 5.02 Å². The maximum absolute atomic E-state index is 12.8. The van der Waals surface area contributed by atoms with Crippen LogP contribution in [0.25, 0.3) is 0 Å². The van der Waals surface area contributed by atoms with E-state index in [0.29, 0.717) is 18.1 Å². The molecular weight excluding hydrogens is 467 g/mol. The van der Waals surface area contributed by atoms with Crippen molar-refractivity contribution < 1.29 is 4.79 Å². The Labute approximate surface area is 205 Å². The molecule has 1 aromatic rings. The first kappa shape index (κ1) is 24.8. The van der Waals surface area contributed by atoms with Gasteiger partial charge in [-0.25, -0.2) is 0 Å². The van der Waals surface area contributed by atoms with Crippen molar-refractivity contribution in [1.82, 2.24) is 4.90 Å². The number of amides is 1. The Hall–Kier alpha value is -1.87. The predicted molar refractivity (Wildman–Crippen MR) is 134 cm³/mol. The summed E-state index contributed by atoms with van der Waals surface area (Å²) in [6.45, 7) is 8.97. The van der Waals surface area contributed by atoms with E-state index >= 15 is 0 Å². The van der Waals surface area contributed by atoms with E-state index in [1.54, 1.807) is 12.2 Å². The molecule has 3 rings (SSSR count). The molecule has 32 heavy (non-hydrogen) atoms. The van der Waals surface area contributed by atoms with E-state index in [4.69, 9.17) is 40.1 Å². The van der Waals surface area contributed by atoms with Crippen LogP contribution in [-0.2, 0) is 4.79 Å². The number of halogens is 3. The van der Waals surface area contributed by atoms with Gasteiger partial charge in [0.25, 0.3) is 0 Å². The lowest BCUT2D eigenvalue weighted by molar-refractivity contribution is -0.135. The fraction of sp³-hybridized carbons (Fsp3) is 0.500. The van der Waals surface area contributed by atoms with Gasteiger partial charge >= 0.3 is 0 Å². The van der Waals surface area contributed by atoms with E-state index in [0.717, 1.165) is 49.3 Å². The molecule has 0 aliphatic carbocycles. The standard InChI is InChI=1S/C24H29Cl3N4O/c1-16(3-6-23(26)27)17(2)29-22-13-20(4-5-21(22)25)30-11-8-19(9-12-30)24(32)31-10-7-18(14-28)15-31/h3-6,13,17-19,23,29H,1,7-12,15H2,2H3/b6-3-. The number of carbonyl (C=O) groups excluding carboxylic acids is 1. The molecule has 5 nitrogen and oxygen atoms in total. The van der Waals surface area contributed by atoms with Gasteiger partial charge in [-0.3, -0.25) is 4.79 Å². The lowest BCUT2D eigenvalue weighted by Gasteiger charge is -2.35. The molecule has 0 saturated carbocycles. The average molecular weight is 496 g/mol. The summed E-state index contributed by atoms with van der Waals surface area (Å²) >= 11 is 17.9. The van der Waals surface area contributed by atoms with E-state index < -0.39 is 4.84 Å². The lowest BCUT2D eigenvalue weighted by atomic mass is 9.95. The zero-order chi connectivity index (χ0) is 23.3. The minimum atomic E-state index is -0.570. The molecule has 0 bridgehead atoms. The first-order valence-electron chi connectivity index (χ1n) is 10.9. The van der Waals surface area contributed by atoms with Crippen molar-refractivity contribution in [2.24, 2.45) is 11.8 Å². The molecule has 172 valence electrons. The summed E-state index contributed by atoms with van der Waals surface area (Å²) in [7, 11) is 0. The van der Waals surface area contributed by atoms with Crippen LogP contribution in [0.15, 0.2) is 42.5 Å². The van der Waals surface area contributed by atoms with Gasteiger partial charge in [0.05, 0.1) is 22.7 Å². The summed E-state index contributed by atoms with van der Waals surface area (Å²) in [6.07, 6.45) is 5.90. The molecule has 1 N–H and O–H groups in total. The largest absolute Gasteiger partial charge is 0.377 e. The van der Waals surface area contributed by atoms with Gasteiger partial charge in [-0.1, -0.05) is 30.3 Å². The quantitative estimate of drug-likeness (QED) is 0.392. The Balaban J connectivity index is 1.58. The summed E-state index contributed by atoms with van der Waals surface area (Å²) in [5.74, 6) is 0.230. The Kier molecular flexibility index (Phi) is 8.76. The van der Waals surface area contributed by atoms with Gasteiger partial charge in [-0.2, -0.15) is 5.26 Å². The molecule has 2 aliphatic rings. The number of nitrogens with zero attached hydrogens (tertiary/aromatic N) is 3. The predicted octanol–water partition coefficient (Wildman–Crippen LogP) is 5.64. The second kappa shape index (κ2) is 11.3. The van der Waals surface area contributed by atoms with Gasteiger partial charge in [-0.05, 0) is 50.0 Å². The number of allylic oxidation sites excluding steroid dienone is 1. The molecule has 0 spiro atoms. The number of hydrogen-bond donors (Lipinski definition) is 1. The number of piperidine rings is 1. The normalized spacial score (nSPS) is 20.6. The molecular formula is C24H29Cl3N4O. The highest BCUT2D eigenvalue weighted by atomic mass is 35.5. The van der Waals surface area contributed by atoms with Gasteiger partial charge in [0.15, 0.2) is 0 Å². The van der Waals surface area contributed by atoms with Crippen LogP contribution in [-0.4, -0.2) is 47.9 Å². The summed E-state index contributed by atoms with van der Waals surface area (Å²) in [4.78, 5) is 16.4. The van der Waals surface area contributed by atoms with Crippen LogP contribution in [0.5, 0.6) is 0 Å². The smallest absolute Gasteiger partial charge is 0.225 e. The van der Waals surface area contributed by atoms with Crippen LogP contribution >= 0.6 is 34.8 Å². The minimum Gasteiger partial charge on any atom is -0.377 e. The molecule has 8 heteroatoms. The number of likely N-dealkylation sites (tertiary alicyclic amines) is 1. The molecule has 1 aromatic carbocycles. The molecule has 2 unspecified atom stereocenters. The van der Waals surface area contributed by atoms with Crippen molar-refractivity contribution in [1.29, 1.82) is 5.26 Å². The highest BCUT2D eigenvalue weighted by molar-refractivity contribution is 6.45. The molecule has 1 amide bonds. The van der Waals surface area contributed by atoms with Crippen molar-refractivity contribution in [3.05, 3.63) is 47.5 Å². The van der Waals surface area contributed by atoms with E-state index in [1.165, 1.54) is 0 Å². The number of anilines is 2.